The monoisotopic (exact) mass is 552 g/mol. The second kappa shape index (κ2) is 9.36. The highest BCUT2D eigenvalue weighted by atomic mass is 79.9. The standard InChI is InChI=1S/C33H21BrN4/c34-27-15-9-17-29-30(27)26-14-7-8-16-28(26)38(29)25-20-18-24(19-21-25)33-36-31(22-10-3-1-4-11-22)35-32(37-33)23-12-5-2-6-13-23/h1-21H. The fourth-order valence-corrected chi connectivity index (χ4v) is 5.52. The summed E-state index contributed by atoms with van der Waals surface area (Å²) < 4.78 is 3.39. The van der Waals surface area contributed by atoms with Gasteiger partial charge < -0.3 is 4.57 Å². The molecular formula is C33H21BrN4. The molecule has 7 rings (SSSR count). The van der Waals surface area contributed by atoms with E-state index >= 15 is 0 Å². The molecule has 0 fully saturated rings. The number of nitrogens with zero attached hydrogens (tertiary/aromatic N) is 4. The molecular weight excluding hydrogens is 532 g/mol. The van der Waals surface area contributed by atoms with Crippen LogP contribution in [0.15, 0.2) is 132 Å². The molecule has 0 radical (unpaired) electrons. The summed E-state index contributed by atoms with van der Waals surface area (Å²) in [7, 11) is 0. The summed E-state index contributed by atoms with van der Waals surface area (Å²) in [5.74, 6) is 1.96. The Balaban J connectivity index is 1.37. The van der Waals surface area contributed by atoms with Crippen molar-refractivity contribution in [3.8, 4) is 39.9 Å². The zero-order valence-electron chi connectivity index (χ0n) is 20.3. The highest BCUT2D eigenvalue weighted by Gasteiger charge is 2.15. The van der Waals surface area contributed by atoms with Crippen molar-refractivity contribution in [1.82, 2.24) is 19.5 Å². The van der Waals surface area contributed by atoms with Gasteiger partial charge in [0.25, 0.3) is 0 Å². The minimum atomic E-state index is 0.647. The van der Waals surface area contributed by atoms with Crippen molar-refractivity contribution in [2.24, 2.45) is 0 Å². The van der Waals surface area contributed by atoms with Gasteiger partial charge in [-0.1, -0.05) is 101 Å². The van der Waals surface area contributed by atoms with Gasteiger partial charge in [-0.15, -0.1) is 0 Å². The summed E-state index contributed by atoms with van der Waals surface area (Å²) in [6.45, 7) is 0. The first kappa shape index (κ1) is 22.6. The Bertz CT molecular complexity index is 1850. The van der Waals surface area contributed by atoms with E-state index in [1.807, 2.05) is 60.7 Å². The number of benzene rings is 5. The molecule has 0 saturated carbocycles. The minimum absolute atomic E-state index is 0.647. The van der Waals surface area contributed by atoms with Crippen molar-refractivity contribution in [3.05, 3.63) is 132 Å². The van der Waals surface area contributed by atoms with Crippen LogP contribution in [0.5, 0.6) is 0 Å². The Labute approximate surface area is 228 Å². The van der Waals surface area contributed by atoms with Crippen LogP contribution in [0.4, 0.5) is 0 Å². The molecule has 0 aliphatic heterocycles. The maximum atomic E-state index is 4.87. The van der Waals surface area contributed by atoms with E-state index < -0.39 is 0 Å². The van der Waals surface area contributed by atoms with E-state index in [9.17, 15) is 0 Å². The van der Waals surface area contributed by atoms with Crippen LogP contribution >= 0.6 is 15.9 Å². The number of aromatic nitrogens is 4. The highest BCUT2D eigenvalue weighted by molar-refractivity contribution is 9.10. The van der Waals surface area contributed by atoms with Crippen LogP contribution in [0.25, 0.3) is 61.7 Å². The molecule has 38 heavy (non-hydrogen) atoms. The fourth-order valence-electron chi connectivity index (χ4n) is 4.95. The Morgan fingerprint density at radius 1 is 0.447 bits per heavy atom. The molecule has 7 aromatic rings. The SMILES string of the molecule is Brc1cccc2c1c1ccccc1n2-c1ccc(-c2nc(-c3ccccc3)nc(-c3ccccc3)n2)cc1. The van der Waals surface area contributed by atoms with Crippen LogP contribution in [-0.4, -0.2) is 19.5 Å². The number of halogens is 1. The van der Waals surface area contributed by atoms with Crippen molar-refractivity contribution in [3.63, 3.8) is 0 Å². The quantitative estimate of drug-likeness (QED) is 0.219. The fraction of sp³-hybridized carbons (Fsp3) is 0. The summed E-state index contributed by atoms with van der Waals surface area (Å²) in [6, 6.07) is 43.4. The Kier molecular flexibility index (Phi) is 5.56. The Morgan fingerprint density at radius 3 is 1.55 bits per heavy atom. The molecule has 2 aromatic heterocycles. The largest absolute Gasteiger partial charge is 0.309 e. The van der Waals surface area contributed by atoms with Crippen molar-refractivity contribution < 1.29 is 0 Å². The van der Waals surface area contributed by atoms with Gasteiger partial charge in [-0.25, -0.2) is 15.0 Å². The summed E-state index contributed by atoms with van der Waals surface area (Å²) in [4.78, 5) is 14.5. The van der Waals surface area contributed by atoms with Crippen molar-refractivity contribution in [1.29, 1.82) is 0 Å². The lowest BCUT2D eigenvalue weighted by Gasteiger charge is -2.10. The molecule has 0 N–H and O–H groups in total. The molecule has 0 atom stereocenters. The third-order valence-electron chi connectivity index (χ3n) is 6.73. The lowest BCUT2D eigenvalue weighted by molar-refractivity contribution is 1.07. The van der Waals surface area contributed by atoms with Gasteiger partial charge in [0.2, 0.25) is 0 Å². The molecule has 0 aliphatic rings. The molecule has 0 saturated heterocycles. The van der Waals surface area contributed by atoms with Crippen molar-refractivity contribution in [2.75, 3.05) is 0 Å². The predicted molar refractivity (Wildman–Crippen MR) is 158 cm³/mol. The topological polar surface area (TPSA) is 43.6 Å². The first-order valence-electron chi connectivity index (χ1n) is 12.4. The van der Waals surface area contributed by atoms with Gasteiger partial charge in [0.15, 0.2) is 17.5 Å². The highest BCUT2D eigenvalue weighted by Crippen LogP contribution is 2.36. The van der Waals surface area contributed by atoms with Gasteiger partial charge in [0, 0.05) is 37.6 Å². The van der Waals surface area contributed by atoms with Gasteiger partial charge in [0.1, 0.15) is 0 Å². The first-order chi connectivity index (χ1) is 18.8. The van der Waals surface area contributed by atoms with E-state index in [0.717, 1.165) is 32.4 Å². The zero-order valence-corrected chi connectivity index (χ0v) is 21.9. The van der Waals surface area contributed by atoms with Gasteiger partial charge in [-0.3, -0.25) is 0 Å². The number of rotatable bonds is 4. The predicted octanol–water partition coefficient (Wildman–Crippen LogP) is 8.73. The van der Waals surface area contributed by atoms with Crippen LogP contribution in [0.2, 0.25) is 0 Å². The second-order valence-corrected chi connectivity index (χ2v) is 9.93. The number of hydrogen-bond acceptors (Lipinski definition) is 3. The van der Waals surface area contributed by atoms with Crippen LogP contribution in [0, 0.1) is 0 Å². The normalized spacial score (nSPS) is 11.3. The maximum Gasteiger partial charge on any atom is 0.164 e. The van der Waals surface area contributed by atoms with Crippen LogP contribution in [-0.2, 0) is 0 Å². The molecule has 0 spiro atoms. The molecule has 2 heterocycles. The van der Waals surface area contributed by atoms with E-state index in [1.54, 1.807) is 0 Å². The summed E-state index contributed by atoms with van der Waals surface area (Å²) >= 11 is 3.76. The third-order valence-corrected chi connectivity index (χ3v) is 7.39. The molecule has 0 amide bonds. The van der Waals surface area contributed by atoms with Gasteiger partial charge in [-0.2, -0.15) is 0 Å². The Morgan fingerprint density at radius 2 is 0.947 bits per heavy atom. The number of fused-ring (bicyclic) bond motifs is 3. The van der Waals surface area contributed by atoms with Gasteiger partial charge in [-0.05, 0) is 42.5 Å². The van der Waals surface area contributed by atoms with E-state index in [-0.39, 0.29) is 0 Å². The maximum absolute atomic E-state index is 4.87. The van der Waals surface area contributed by atoms with E-state index in [2.05, 4.69) is 87.2 Å². The first-order valence-corrected chi connectivity index (χ1v) is 13.2. The summed E-state index contributed by atoms with van der Waals surface area (Å²) in [5.41, 5.74) is 6.26. The van der Waals surface area contributed by atoms with E-state index in [1.165, 1.54) is 16.3 Å². The van der Waals surface area contributed by atoms with E-state index in [4.69, 9.17) is 15.0 Å². The molecule has 5 heteroatoms. The minimum Gasteiger partial charge on any atom is -0.309 e. The smallest absolute Gasteiger partial charge is 0.164 e. The number of para-hydroxylation sites is 1. The van der Waals surface area contributed by atoms with Gasteiger partial charge in [0.05, 0.1) is 11.0 Å². The molecule has 180 valence electrons. The molecule has 0 bridgehead atoms. The lowest BCUT2D eigenvalue weighted by atomic mass is 10.1. The molecule has 5 aromatic carbocycles. The average Bonchev–Trinajstić information content (AvgIpc) is 3.33. The van der Waals surface area contributed by atoms with Crippen LogP contribution in [0.1, 0.15) is 0 Å². The summed E-state index contributed by atoms with van der Waals surface area (Å²) in [6.07, 6.45) is 0. The third kappa shape index (κ3) is 3.88. The average molecular weight is 553 g/mol. The lowest BCUT2D eigenvalue weighted by Crippen LogP contribution is -2.00. The van der Waals surface area contributed by atoms with E-state index in [0.29, 0.717) is 17.5 Å². The summed E-state index contributed by atoms with van der Waals surface area (Å²) in [5, 5.41) is 2.43. The number of hydrogen-bond donors (Lipinski definition) is 0. The van der Waals surface area contributed by atoms with Crippen LogP contribution in [0.3, 0.4) is 0 Å². The zero-order chi connectivity index (χ0) is 25.5. The van der Waals surface area contributed by atoms with Crippen LogP contribution < -0.4 is 0 Å². The van der Waals surface area contributed by atoms with Gasteiger partial charge >= 0.3 is 0 Å². The second-order valence-electron chi connectivity index (χ2n) is 9.07. The van der Waals surface area contributed by atoms with Crippen molar-refractivity contribution in [2.45, 2.75) is 0 Å². The van der Waals surface area contributed by atoms with Crippen molar-refractivity contribution >= 4 is 37.7 Å². The Hall–Kier alpha value is -4.61. The molecule has 4 nitrogen and oxygen atoms in total. The molecule has 0 unspecified atom stereocenters. The molecule has 0 aliphatic carbocycles.